The Kier molecular flexibility index (Phi) is 5.74. The molecule has 1 atom stereocenters. The standard InChI is InChI=1S/C17H24FNO2/c1-13-7-8-15(11-16(13)18)17(20)19-9-3-5-14(12-19)6-4-10-21-2/h7-8,11,14H,3-6,9-10,12H2,1-2H3/t14-/m0/s1. The Morgan fingerprint density at radius 1 is 1.48 bits per heavy atom. The van der Waals surface area contributed by atoms with Gasteiger partial charge in [-0.25, -0.2) is 4.39 Å². The molecular formula is C17H24FNO2. The first-order chi connectivity index (χ1) is 10.1. The fourth-order valence-electron chi connectivity index (χ4n) is 2.91. The summed E-state index contributed by atoms with van der Waals surface area (Å²) in [5.41, 5.74) is 1.03. The monoisotopic (exact) mass is 293 g/mol. The number of aryl methyl sites for hydroxylation is 1. The zero-order valence-corrected chi connectivity index (χ0v) is 12.9. The molecule has 21 heavy (non-hydrogen) atoms. The number of hydrogen-bond acceptors (Lipinski definition) is 2. The summed E-state index contributed by atoms with van der Waals surface area (Å²) in [6.45, 7) is 4.02. The molecule has 0 spiro atoms. The second-order valence-corrected chi connectivity index (χ2v) is 5.86. The molecule has 0 aromatic heterocycles. The number of likely N-dealkylation sites (tertiary alicyclic amines) is 1. The normalized spacial score (nSPS) is 18.8. The van der Waals surface area contributed by atoms with Crippen LogP contribution in [-0.4, -0.2) is 37.6 Å². The molecule has 1 amide bonds. The summed E-state index contributed by atoms with van der Waals surface area (Å²) in [5.74, 6) is 0.174. The predicted molar refractivity (Wildman–Crippen MR) is 80.9 cm³/mol. The van der Waals surface area contributed by atoms with E-state index in [1.165, 1.54) is 6.07 Å². The van der Waals surface area contributed by atoms with Crippen LogP contribution < -0.4 is 0 Å². The van der Waals surface area contributed by atoms with Gasteiger partial charge in [-0.05, 0) is 56.2 Å². The fourth-order valence-corrected chi connectivity index (χ4v) is 2.91. The third-order valence-electron chi connectivity index (χ3n) is 4.19. The van der Waals surface area contributed by atoms with Crippen LogP contribution in [0.2, 0.25) is 0 Å². The molecule has 0 aliphatic carbocycles. The minimum atomic E-state index is -0.311. The number of benzene rings is 1. The van der Waals surface area contributed by atoms with Crippen LogP contribution in [0.15, 0.2) is 18.2 Å². The van der Waals surface area contributed by atoms with Crippen molar-refractivity contribution in [2.45, 2.75) is 32.6 Å². The van der Waals surface area contributed by atoms with Gasteiger partial charge in [-0.3, -0.25) is 4.79 Å². The molecule has 1 aromatic carbocycles. The molecule has 1 aliphatic heterocycles. The SMILES string of the molecule is COCCC[C@@H]1CCCN(C(=O)c2ccc(C)c(F)c2)C1. The molecule has 0 saturated carbocycles. The number of rotatable bonds is 5. The number of carbonyl (C=O) groups is 1. The van der Waals surface area contributed by atoms with Gasteiger partial charge in [0.1, 0.15) is 5.82 Å². The summed E-state index contributed by atoms with van der Waals surface area (Å²) in [6.07, 6.45) is 4.30. The minimum Gasteiger partial charge on any atom is -0.385 e. The van der Waals surface area contributed by atoms with E-state index in [9.17, 15) is 9.18 Å². The fraction of sp³-hybridized carbons (Fsp3) is 0.588. The molecule has 0 N–H and O–H groups in total. The van der Waals surface area contributed by atoms with E-state index < -0.39 is 0 Å². The van der Waals surface area contributed by atoms with E-state index >= 15 is 0 Å². The van der Waals surface area contributed by atoms with E-state index in [1.807, 2.05) is 4.90 Å². The third-order valence-corrected chi connectivity index (χ3v) is 4.19. The molecule has 0 unspecified atom stereocenters. The van der Waals surface area contributed by atoms with Gasteiger partial charge in [-0.2, -0.15) is 0 Å². The van der Waals surface area contributed by atoms with Gasteiger partial charge >= 0.3 is 0 Å². The first-order valence-corrected chi connectivity index (χ1v) is 7.66. The first-order valence-electron chi connectivity index (χ1n) is 7.66. The molecule has 0 bridgehead atoms. The maximum absolute atomic E-state index is 13.6. The van der Waals surface area contributed by atoms with Crippen LogP contribution in [0, 0.1) is 18.7 Å². The number of methoxy groups -OCH3 is 1. The number of halogens is 1. The summed E-state index contributed by atoms with van der Waals surface area (Å²) in [6, 6.07) is 4.74. The number of amides is 1. The molecule has 1 aromatic rings. The van der Waals surface area contributed by atoms with Crippen LogP contribution >= 0.6 is 0 Å². The Balaban J connectivity index is 1.96. The molecule has 1 saturated heterocycles. The highest BCUT2D eigenvalue weighted by atomic mass is 19.1. The molecule has 3 nitrogen and oxygen atoms in total. The molecule has 0 radical (unpaired) electrons. The lowest BCUT2D eigenvalue weighted by Gasteiger charge is -2.33. The molecule has 116 valence electrons. The van der Waals surface area contributed by atoms with Crippen molar-refractivity contribution in [3.8, 4) is 0 Å². The molecule has 2 rings (SSSR count). The van der Waals surface area contributed by atoms with E-state index in [-0.39, 0.29) is 11.7 Å². The van der Waals surface area contributed by atoms with Gasteiger partial charge in [0.25, 0.3) is 5.91 Å². The Bertz CT molecular complexity index is 490. The number of hydrogen-bond donors (Lipinski definition) is 0. The van der Waals surface area contributed by atoms with Gasteiger partial charge in [0.2, 0.25) is 0 Å². The van der Waals surface area contributed by atoms with Crippen molar-refractivity contribution in [3.05, 3.63) is 35.1 Å². The van der Waals surface area contributed by atoms with Crippen molar-refractivity contribution < 1.29 is 13.9 Å². The van der Waals surface area contributed by atoms with Crippen molar-refractivity contribution in [1.29, 1.82) is 0 Å². The van der Waals surface area contributed by atoms with E-state index in [4.69, 9.17) is 4.74 Å². The van der Waals surface area contributed by atoms with Crippen LogP contribution in [0.25, 0.3) is 0 Å². The Morgan fingerprint density at radius 2 is 2.29 bits per heavy atom. The molecule has 1 heterocycles. The second-order valence-electron chi connectivity index (χ2n) is 5.86. The minimum absolute atomic E-state index is 0.0506. The smallest absolute Gasteiger partial charge is 0.253 e. The average Bonchev–Trinajstić information content (AvgIpc) is 2.50. The van der Waals surface area contributed by atoms with Gasteiger partial charge < -0.3 is 9.64 Å². The highest BCUT2D eigenvalue weighted by Gasteiger charge is 2.24. The number of ether oxygens (including phenoxy) is 1. The lowest BCUT2D eigenvalue weighted by atomic mass is 9.93. The summed E-state index contributed by atoms with van der Waals surface area (Å²) in [5, 5.41) is 0. The molecule has 4 heteroatoms. The summed E-state index contributed by atoms with van der Waals surface area (Å²) < 4.78 is 18.7. The van der Waals surface area contributed by atoms with Gasteiger partial charge in [-0.1, -0.05) is 6.07 Å². The van der Waals surface area contributed by atoms with E-state index in [1.54, 1.807) is 26.2 Å². The zero-order chi connectivity index (χ0) is 15.2. The lowest BCUT2D eigenvalue weighted by molar-refractivity contribution is 0.0660. The van der Waals surface area contributed by atoms with Gasteiger partial charge in [0.15, 0.2) is 0 Å². The Morgan fingerprint density at radius 3 is 3.00 bits per heavy atom. The maximum atomic E-state index is 13.6. The van der Waals surface area contributed by atoms with E-state index in [0.717, 1.165) is 45.4 Å². The molecule has 1 fully saturated rings. The molecule has 1 aliphatic rings. The third kappa shape index (κ3) is 4.27. The van der Waals surface area contributed by atoms with Crippen molar-refractivity contribution in [2.75, 3.05) is 26.8 Å². The summed E-state index contributed by atoms with van der Waals surface area (Å²) >= 11 is 0. The van der Waals surface area contributed by atoms with Gasteiger partial charge in [0, 0.05) is 32.4 Å². The largest absolute Gasteiger partial charge is 0.385 e. The lowest BCUT2D eigenvalue weighted by Crippen LogP contribution is -2.40. The van der Waals surface area contributed by atoms with Crippen LogP contribution in [0.1, 0.15) is 41.6 Å². The van der Waals surface area contributed by atoms with E-state index in [2.05, 4.69) is 0 Å². The van der Waals surface area contributed by atoms with Gasteiger partial charge in [0.05, 0.1) is 0 Å². The van der Waals surface area contributed by atoms with Crippen molar-refractivity contribution >= 4 is 5.91 Å². The van der Waals surface area contributed by atoms with Crippen LogP contribution in [0.5, 0.6) is 0 Å². The van der Waals surface area contributed by atoms with Crippen LogP contribution in [-0.2, 0) is 4.74 Å². The Hall–Kier alpha value is -1.42. The van der Waals surface area contributed by atoms with Crippen LogP contribution in [0.4, 0.5) is 4.39 Å². The zero-order valence-electron chi connectivity index (χ0n) is 12.9. The topological polar surface area (TPSA) is 29.5 Å². The second kappa shape index (κ2) is 7.55. The van der Waals surface area contributed by atoms with E-state index in [0.29, 0.717) is 17.0 Å². The number of carbonyl (C=O) groups excluding carboxylic acids is 1. The summed E-state index contributed by atoms with van der Waals surface area (Å²) in [7, 11) is 1.71. The maximum Gasteiger partial charge on any atom is 0.253 e. The summed E-state index contributed by atoms with van der Waals surface area (Å²) in [4.78, 5) is 14.3. The van der Waals surface area contributed by atoms with Crippen molar-refractivity contribution in [2.24, 2.45) is 5.92 Å². The van der Waals surface area contributed by atoms with Crippen molar-refractivity contribution in [1.82, 2.24) is 4.90 Å². The highest BCUT2D eigenvalue weighted by Crippen LogP contribution is 2.23. The number of piperidine rings is 1. The first kappa shape index (κ1) is 16.0. The number of nitrogens with zero attached hydrogens (tertiary/aromatic N) is 1. The predicted octanol–water partition coefficient (Wildman–Crippen LogP) is 3.41. The quantitative estimate of drug-likeness (QED) is 0.779. The van der Waals surface area contributed by atoms with Crippen LogP contribution in [0.3, 0.4) is 0 Å². The highest BCUT2D eigenvalue weighted by molar-refractivity contribution is 5.94. The average molecular weight is 293 g/mol. The molecular weight excluding hydrogens is 269 g/mol. The Labute approximate surface area is 126 Å². The van der Waals surface area contributed by atoms with Gasteiger partial charge in [-0.15, -0.1) is 0 Å². The van der Waals surface area contributed by atoms with Crippen molar-refractivity contribution in [3.63, 3.8) is 0 Å².